The Labute approximate surface area is 126 Å². The van der Waals surface area contributed by atoms with Gasteiger partial charge >= 0.3 is 0 Å². The minimum Gasteiger partial charge on any atom is -0.334 e. The van der Waals surface area contributed by atoms with Gasteiger partial charge in [-0.15, -0.1) is 11.6 Å². The molecule has 5 heteroatoms. The second-order valence-corrected chi connectivity index (χ2v) is 5.87. The molecule has 0 N–H and O–H groups in total. The first kappa shape index (κ1) is 15.4. The molecule has 1 fully saturated rings. The Balaban J connectivity index is 2.20. The zero-order valence-electron chi connectivity index (χ0n) is 12.4. The van der Waals surface area contributed by atoms with Gasteiger partial charge in [0.25, 0.3) is 5.91 Å². The topological polar surface area (TPSA) is 38.1 Å². The van der Waals surface area contributed by atoms with E-state index in [1.54, 1.807) is 4.68 Å². The van der Waals surface area contributed by atoms with E-state index in [0.717, 1.165) is 30.5 Å². The molecule has 1 aliphatic carbocycles. The van der Waals surface area contributed by atoms with Gasteiger partial charge in [-0.1, -0.05) is 26.2 Å². The summed E-state index contributed by atoms with van der Waals surface area (Å²) in [6.45, 7) is 2.66. The van der Waals surface area contributed by atoms with E-state index in [9.17, 15) is 4.79 Å². The van der Waals surface area contributed by atoms with Crippen LogP contribution in [0.5, 0.6) is 0 Å². The molecule has 4 nitrogen and oxygen atoms in total. The molecule has 0 aliphatic heterocycles. The van der Waals surface area contributed by atoms with Crippen LogP contribution < -0.4 is 0 Å². The fourth-order valence-electron chi connectivity index (χ4n) is 3.06. The lowest BCUT2D eigenvalue weighted by Crippen LogP contribution is -2.42. The quantitative estimate of drug-likeness (QED) is 0.784. The molecule has 1 amide bonds. The van der Waals surface area contributed by atoms with Gasteiger partial charge in [0.15, 0.2) is 0 Å². The molecular formula is C15H24ClN3O. The first-order valence-corrected chi connectivity index (χ1v) is 8.10. The molecular weight excluding hydrogens is 274 g/mol. The second kappa shape index (κ2) is 7.11. The number of amides is 1. The minimum atomic E-state index is 0.0995. The van der Waals surface area contributed by atoms with Crippen LogP contribution >= 0.6 is 11.6 Å². The van der Waals surface area contributed by atoms with E-state index < -0.39 is 0 Å². The number of hydrogen-bond acceptors (Lipinski definition) is 2. The predicted octanol–water partition coefficient (Wildman–Crippen LogP) is 3.00. The van der Waals surface area contributed by atoms with Crippen molar-refractivity contribution < 1.29 is 4.79 Å². The van der Waals surface area contributed by atoms with Gasteiger partial charge in [0.2, 0.25) is 0 Å². The zero-order chi connectivity index (χ0) is 14.5. The predicted molar refractivity (Wildman–Crippen MR) is 81.2 cm³/mol. The molecule has 0 spiro atoms. The van der Waals surface area contributed by atoms with Crippen molar-refractivity contribution in [3.63, 3.8) is 0 Å². The zero-order valence-corrected chi connectivity index (χ0v) is 13.2. The normalized spacial score (nSPS) is 16.4. The number of halogens is 1. The number of carbonyl (C=O) groups is 1. The highest BCUT2D eigenvalue weighted by molar-refractivity contribution is 6.18. The fourth-order valence-corrected chi connectivity index (χ4v) is 3.24. The standard InChI is InChI=1S/C15H24ClN3O/c1-3-14-13(11-18(2)17-14)15(20)19(10-9-16)12-7-5-4-6-8-12/h11-12H,3-10H2,1-2H3. The Morgan fingerprint density at radius 3 is 2.75 bits per heavy atom. The Morgan fingerprint density at radius 1 is 1.45 bits per heavy atom. The Kier molecular flexibility index (Phi) is 5.46. The lowest BCUT2D eigenvalue weighted by Gasteiger charge is -2.34. The first-order valence-electron chi connectivity index (χ1n) is 7.56. The van der Waals surface area contributed by atoms with Crippen molar-refractivity contribution in [2.24, 2.45) is 7.05 Å². The molecule has 1 aromatic rings. The number of rotatable bonds is 5. The molecule has 1 aliphatic rings. The van der Waals surface area contributed by atoms with E-state index in [4.69, 9.17) is 11.6 Å². The molecule has 0 aromatic carbocycles. The molecule has 0 bridgehead atoms. The van der Waals surface area contributed by atoms with Crippen LogP contribution in [0.3, 0.4) is 0 Å². The van der Waals surface area contributed by atoms with Crippen molar-refractivity contribution >= 4 is 17.5 Å². The number of alkyl halides is 1. The molecule has 2 rings (SSSR count). The Hall–Kier alpha value is -1.03. The Bertz CT molecular complexity index is 452. The van der Waals surface area contributed by atoms with Crippen LogP contribution in [0, 0.1) is 0 Å². The lowest BCUT2D eigenvalue weighted by atomic mass is 9.93. The van der Waals surface area contributed by atoms with Gasteiger partial charge in [-0.3, -0.25) is 9.48 Å². The van der Waals surface area contributed by atoms with Gasteiger partial charge in [-0.25, -0.2) is 0 Å². The van der Waals surface area contributed by atoms with E-state index in [1.807, 2.05) is 25.1 Å². The molecule has 20 heavy (non-hydrogen) atoms. The van der Waals surface area contributed by atoms with Crippen molar-refractivity contribution in [3.05, 3.63) is 17.5 Å². The van der Waals surface area contributed by atoms with Crippen molar-refractivity contribution in [1.82, 2.24) is 14.7 Å². The monoisotopic (exact) mass is 297 g/mol. The van der Waals surface area contributed by atoms with Crippen molar-refractivity contribution in [2.45, 2.75) is 51.5 Å². The molecule has 0 unspecified atom stereocenters. The molecule has 0 atom stereocenters. The minimum absolute atomic E-state index is 0.0995. The van der Waals surface area contributed by atoms with E-state index in [2.05, 4.69) is 5.10 Å². The van der Waals surface area contributed by atoms with Crippen molar-refractivity contribution in [3.8, 4) is 0 Å². The molecule has 0 saturated heterocycles. The summed E-state index contributed by atoms with van der Waals surface area (Å²) in [5, 5.41) is 4.37. The fraction of sp³-hybridized carbons (Fsp3) is 0.733. The average Bonchev–Trinajstić information content (AvgIpc) is 2.86. The van der Waals surface area contributed by atoms with Crippen LogP contribution in [0.2, 0.25) is 0 Å². The van der Waals surface area contributed by atoms with E-state index in [1.165, 1.54) is 19.3 Å². The van der Waals surface area contributed by atoms with Crippen LogP contribution in [0.15, 0.2) is 6.20 Å². The van der Waals surface area contributed by atoms with Gasteiger partial charge < -0.3 is 4.90 Å². The first-order chi connectivity index (χ1) is 9.67. The smallest absolute Gasteiger partial charge is 0.257 e. The van der Waals surface area contributed by atoms with Crippen LogP contribution in [0.25, 0.3) is 0 Å². The number of aryl methyl sites for hydroxylation is 2. The summed E-state index contributed by atoms with van der Waals surface area (Å²) in [6.07, 6.45) is 8.53. The highest BCUT2D eigenvalue weighted by atomic mass is 35.5. The SMILES string of the molecule is CCc1nn(C)cc1C(=O)N(CCCl)C1CCCCC1. The maximum absolute atomic E-state index is 12.8. The molecule has 1 saturated carbocycles. The number of carbonyl (C=O) groups excluding carboxylic acids is 1. The number of hydrogen-bond donors (Lipinski definition) is 0. The summed E-state index contributed by atoms with van der Waals surface area (Å²) in [7, 11) is 1.86. The summed E-state index contributed by atoms with van der Waals surface area (Å²) in [5.74, 6) is 0.590. The number of aromatic nitrogens is 2. The third-order valence-electron chi connectivity index (χ3n) is 4.07. The highest BCUT2D eigenvalue weighted by Gasteiger charge is 2.28. The maximum Gasteiger partial charge on any atom is 0.257 e. The summed E-state index contributed by atoms with van der Waals surface area (Å²) >= 11 is 5.91. The van der Waals surface area contributed by atoms with E-state index >= 15 is 0 Å². The van der Waals surface area contributed by atoms with E-state index in [-0.39, 0.29) is 5.91 Å². The highest BCUT2D eigenvalue weighted by Crippen LogP contribution is 2.24. The van der Waals surface area contributed by atoms with Crippen LogP contribution in [-0.4, -0.2) is 39.1 Å². The largest absolute Gasteiger partial charge is 0.334 e. The van der Waals surface area contributed by atoms with Gasteiger partial charge in [-0.05, 0) is 19.3 Å². The summed E-state index contributed by atoms with van der Waals surface area (Å²) in [4.78, 5) is 14.8. The third-order valence-corrected chi connectivity index (χ3v) is 4.24. The number of nitrogens with zero attached hydrogens (tertiary/aromatic N) is 3. The van der Waals surface area contributed by atoms with Gasteiger partial charge in [0.05, 0.1) is 11.3 Å². The summed E-state index contributed by atoms with van der Waals surface area (Å²) < 4.78 is 1.73. The average molecular weight is 298 g/mol. The molecule has 0 radical (unpaired) electrons. The lowest BCUT2D eigenvalue weighted by molar-refractivity contribution is 0.0648. The third kappa shape index (κ3) is 3.35. The van der Waals surface area contributed by atoms with E-state index in [0.29, 0.717) is 18.5 Å². The van der Waals surface area contributed by atoms with Gasteiger partial charge in [0.1, 0.15) is 0 Å². The van der Waals surface area contributed by atoms with Crippen molar-refractivity contribution in [1.29, 1.82) is 0 Å². The molecule has 1 aromatic heterocycles. The van der Waals surface area contributed by atoms with Crippen molar-refractivity contribution in [2.75, 3.05) is 12.4 Å². The van der Waals surface area contributed by atoms with Gasteiger partial charge in [0, 0.05) is 31.7 Å². The van der Waals surface area contributed by atoms with Crippen LogP contribution in [-0.2, 0) is 13.5 Å². The van der Waals surface area contributed by atoms with Crippen LogP contribution in [0.4, 0.5) is 0 Å². The summed E-state index contributed by atoms with van der Waals surface area (Å²) in [5.41, 5.74) is 1.62. The molecule has 112 valence electrons. The Morgan fingerprint density at radius 2 is 2.15 bits per heavy atom. The second-order valence-electron chi connectivity index (χ2n) is 5.50. The van der Waals surface area contributed by atoms with Gasteiger partial charge in [-0.2, -0.15) is 5.10 Å². The molecule has 1 heterocycles. The summed E-state index contributed by atoms with van der Waals surface area (Å²) in [6, 6.07) is 0.347. The van der Waals surface area contributed by atoms with Crippen LogP contribution in [0.1, 0.15) is 55.1 Å². The maximum atomic E-state index is 12.8.